The standard InChI is InChI=1S/C15H21F2N3O/c16-15(17)6-9-20(10-7-15)13(14(19)21)12-3-1-11(2-4-12)5-8-18/h1-4,13H,5-10,18H2,(H2,19,21). The molecule has 4 N–H and O–H groups in total. The number of hydrogen-bond donors (Lipinski definition) is 2. The first-order chi connectivity index (χ1) is 9.93. The van der Waals surface area contributed by atoms with Gasteiger partial charge in [-0.25, -0.2) is 8.78 Å². The first-order valence-corrected chi connectivity index (χ1v) is 7.13. The van der Waals surface area contributed by atoms with Crippen molar-refractivity contribution in [3.63, 3.8) is 0 Å². The Morgan fingerprint density at radius 3 is 2.29 bits per heavy atom. The van der Waals surface area contributed by atoms with Crippen LogP contribution >= 0.6 is 0 Å². The second-order valence-electron chi connectivity index (χ2n) is 5.48. The summed E-state index contributed by atoms with van der Waals surface area (Å²) in [6.07, 6.45) is 0.293. The summed E-state index contributed by atoms with van der Waals surface area (Å²) in [7, 11) is 0. The van der Waals surface area contributed by atoms with Crippen LogP contribution in [-0.4, -0.2) is 36.4 Å². The molecule has 1 fully saturated rings. The third-order valence-electron chi connectivity index (χ3n) is 3.89. The third kappa shape index (κ3) is 3.98. The van der Waals surface area contributed by atoms with Gasteiger partial charge in [0.2, 0.25) is 5.91 Å². The zero-order valence-electron chi connectivity index (χ0n) is 11.9. The molecule has 1 saturated heterocycles. The van der Waals surface area contributed by atoms with Gasteiger partial charge in [-0.1, -0.05) is 24.3 Å². The van der Waals surface area contributed by atoms with Crippen LogP contribution < -0.4 is 11.5 Å². The molecule has 1 aromatic carbocycles. The number of rotatable bonds is 5. The summed E-state index contributed by atoms with van der Waals surface area (Å²) in [6, 6.07) is 6.81. The molecule has 1 unspecified atom stereocenters. The number of alkyl halides is 2. The summed E-state index contributed by atoms with van der Waals surface area (Å²) in [5.74, 6) is -3.14. The molecule has 2 rings (SSSR count). The Morgan fingerprint density at radius 1 is 1.24 bits per heavy atom. The Balaban J connectivity index is 2.14. The molecule has 0 aliphatic carbocycles. The Hall–Kier alpha value is -1.53. The SMILES string of the molecule is NCCc1ccc(C(C(N)=O)N2CCC(F)(F)CC2)cc1. The lowest BCUT2D eigenvalue weighted by Gasteiger charge is -2.36. The molecule has 116 valence electrons. The van der Waals surface area contributed by atoms with E-state index in [2.05, 4.69) is 0 Å². The largest absolute Gasteiger partial charge is 0.368 e. The number of nitrogens with two attached hydrogens (primary N) is 2. The second kappa shape index (κ2) is 6.49. The zero-order chi connectivity index (χ0) is 15.5. The van der Waals surface area contributed by atoms with Crippen LogP contribution in [-0.2, 0) is 11.2 Å². The molecule has 0 saturated carbocycles. The van der Waals surface area contributed by atoms with Crippen molar-refractivity contribution in [2.24, 2.45) is 11.5 Å². The Kier molecular flexibility index (Phi) is 4.90. The lowest BCUT2D eigenvalue weighted by molar-refractivity contribution is -0.127. The highest BCUT2D eigenvalue weighted by Crippen LogP contribution is 2.32. The van der Waals surface area contributed by atoms with Gasteiger partial charge in [0, 0.05) is 25.9 Å². The molecule has 0 spiro atoms. The van der Waals surface area contributed by atoms with Crippen LogP contribution in [0.1, 0.15) is 30.0 Å². The topological polar surface area (TPSA) is 72.3 Å². The lowest BCUT2D eigenvalue weighted by Crippen LogP contribution is -2.45. The number of halogens is 2. The normalized spacial score (nSPS) is 20.1. The van der Waals surface area contributed by atoms with Gasteiger partial charge in [-0.15, -0.1) is 0 Å². The van der Waals surface area contributed by atoms with Gasteiger partial charge in [0.1, 0.15) is 6.04 Å². The highest BCUT2D eigenvalue weighted by molar-refractivity contribution is 5.81. The predicted molar refractivity (Wildman–Crippen MR) is 76.9 cm³/mol. The van der Waals surface area contributed by atoms with E-state index in [1.807, 2.05) is 24.3 Å². The van der Waals surface area contributed by atoms with Crippen LogP contribution in [0.2, 0.25) is 0 Å². The number of amides is 1. The minimum atomic E-state index is -2.64. The minimum Gasteiger partial charge on any atom is -0.368 e. The molecule has 1 atom stereocenters. The Bertz CT molecular complexity index is 480. The number of nitrogens with zero attached hydrogens (tertiary/aromatic N) is 1. The number of carbonyl (C=O) groups excluding carboxylic acids is 1. The summed E-state index contributed by atoms with van der Waals surface area (Å²) in [6.45, 7) is 0.899. The maximum atomic E-state index is 13.2. The molecule has 6 heteroatoms. The molecule has 1 aromatic rings. The van der Waals surface area contributed by atoms with Crippen molar-refractivity contribution in [2.75, 3.05) is 19.6 Å². The smallest absolute Gasteiger partial charge is 0.250 e. The van der Waals surface area contributed by atoms with Crippen LogP contribution in [0, 0.1) is 0 Å². The van der Waals surface area contributed by atoms with Gasteiger partial charge in [-0.3, -0.25) is 9.69 Å². The quantitative estimate of drug-likeness (QED) is 0.864. The monoisotopic (exact) mass is 297 g/mol. The number of carbonyl (C=O) groups is 1. The number of piperidine rings is 1. The highest BCUT2D eigenvalue weighted by Gasteiger charge is 2.38. The second-order valence-corrected chi connectivity index (χ2v) is 5.48. The average molecular weight is 297 g/mol. The van der Waals surface area contributed by atoms with Crippen LogP contribution in [0.4, 0.5) is 8.78 Å². The van der Waals surface area contributed by atoms with Gasteiger partial charge >= 0.3 is 0 Å². The van der Waals surface area contributed by atoms with Crippen molar-refractivity contribution in [1.29, 1.82) is 0 Å². The molecule has 0 bridgehead atoms. The van der Waals surface area contributed by atoms with E-state index < -0.39 is 17.9 Å². The van der Waals surface area contributed by atoms with Crippen molar-refractivity contribution >= 4 is 5.91 Å². The molecule has 1 amide bonds. The molecular formula is C15H21F2N3O. The fraction of sp³-hybridized carbons (Fsp3) is 0.533. The Morgan fingerprint density at radius 2 is 1.81 bits per heavy atom. The lowest BCUT2D eigenvalue weighted by atomic mass is 9.98. The molecule has 0 aromatic heterocycles. The first-order valence-electron chi connectivity index (χ1n) is 7.13. The van der Waals surface area contributed by atoms with Gasteiger partial charge in [0.05, 0.1) is 0 Å². The van der Waals surface area contributed by atoms with Gasteiger partial charge in [0.15, 0.2) is 0 Å². The van der Waals surface area contributed by atoms with E-state index in [9.17, 15) is 13.6 Å². The fourth-order valence-corrected chi connectivity index (χ4v) is 2.70. The van der Waals surface area contributed by atoms with E-state index in [4.69, 9.17) is 11.5 Å². The molecule has 1 aliphatic rings. The van der Waals surface area contributed by atoms with Crippen molar-refractivity contribution < 1.29 is 13.6 Å². The van der Waals surface area contributed by atoms with Crippen molar-refractivity contribution in [1.82, 2.24) is 4.90 Å². The van der Waals surface area contributed by atoms with Crippen molar-refractivity contribution in [3.05, 3.63) is 35.4 Å². The Labute approximate surface area is 123 Å². The number of primary amides is 1. The summed E-state index contributed by atoms with van der Waals surface area (Å²) >= 11 is 0. The van der Waals surface area contributed by atoms with Crippen molar-refractivity contribution in [3.8, 4) is 0 Å². The van der Waals surface area contributed by atoms with E-state index in [1.54, 1.807) is 4.90 Å². The van der Waals surface area contributed by atoms with E-state index in [0.717, 1.165) is 17.5 Å². The number of hydrogen-bond acceptors (Lipinski definition) is 3. The van der Waals surface area contributed by atoms with Gasteiger partial charge < -0.3 is 11.5 Å². The minimum absolute atomic E-state index is 0.172. The van der Waals surface area contributed by atoms with E-state index in [1.165, 1.54) is 0 Å². The molecule has 1 aliphatic heterocycles. The average Bonchev–Trinajstić information content (AvgIpc) is 2.43. The molecular weight excluding hydrogens is 276 g/mol. The first kappa shape index (κ1) is 15.9. The van der Waals surface area contributed by atoms with Crippen molar-refractivity contribution in [2.45, 2.75) is 31.2 Å². The highest BCUT2D eigenvalue weighted by atomic mass is 19.3. The fourth-order valence-electron chi connectivity index (χ4n) is 2.70. The molecule has 0 radical (unpaired) electrons. The summed E-state index contributed by atoms with van der Waals surface area (Å²) in [5.41, 5.74) is 12.8. The van der Waals surface area contributed by atoms with E-state index in [0.29, 0.717) is 6.54 Å². The van der Waals surface area contributed by atoms with Gasteiger partial charge in [-0.05, 0) is 24.1 Å². The summed E-state index contributed by atoms with van der Waals surface area (Å²) in [4.78, 5) is 13.5. The van der Waals surface area contributed by atoms with Crippen LogP contribution in [0.15, 0.2) is 24.3 Å². The molecule has 1 heterocycles. The van der Waals surface area contributed by atoms with Gasteiger partial charge in [0.25, 0.3) is 5.92 Å². The summed E-state index contributed by atoms with van der Waals surface area (Å²) < 4.78 is 26.5. The third-order valence-corrected chi connectivity index (χ3v) is 3.89. The van der Waals surface area contributed by atoms with Crippen LogP contribution in [0.5, 0.6) is 0 Å². The maximum Gasteiger partial charge on any atom is 0.250 e. The zero-order valence-corrected chi connectivity index (χ0v) is 11.9. The predicted octanol–water partition coefficient (Wildman–Crippen LogP) is 1.45. The number of likely N-dealkylation sites (tertiary alicyclic amines) is 1. The van der Waals surface area contributed by atoms with Crippen LogP contribution in [0.3, 0.4) is 0 Å². The van der Waals surface area contributed by atoms with E-state index >= 15 is 0 Å². The van der Waals surface area contributed by atoms with E-state index in [-0.39, 0.29) is 25.9 Å². The molecule has 4 nitrogen and oxygen atoms in total. The number of benzene rings is 1. The molecule has 21 heavy (non-hydrogen) atoms. The maximum absolute atomic E-state index is 13.2. The summed E-state index contributed by atoms with van der Waals surface area (Å²) in [5, 5.41) is 0. The van der Waals surface area contributed by atoms with Crippen LogP contribution in [0.25, 0.3) is 0 Å². The van der Waals surface area contributed by atoms with Gasteiger partial charge in [-0.2, -0.15) is 0 Å².